The number of sulfonamides is 1. The Balaban J connectivity index is 1.92. The number of benzene rings is 1. The lowest BCUT2D eigenvalue weighted by atomic mass is 9.85. The van der Waals surface area contributed by atoms with Crippen LogP contribution in [0.1, 0.15) is 64.0 Å². The predicted molar refractivity (Wildman–Crippen MR) is 147 cm³/mol. The van der Waals surface area contributed by atoms with Gasteiger partial charge in [-0.3, -0.25) is 4.79 Å². The Bertz CT molecular complexity index is 1430. The summed E-state index contributed by atoms with van der Waals surface area (Å²) in [7, 11) is -4.26. The Hall–Kier alpha value is -3.46. The predicted octanol–water partition coefficient (Wildman–Crippen LogP) is 4.77. The van der Waals surface area contributed by atoms with Crippen LogP contribution in [0.2, 0.25) is 0 Å². The van der Waals surface area contributed by atoms with Gasteiger partial charge in [0.15, 0.2) is 5.03 Å². The summed E-state index contributed by atoms with van der Waals surface area (Å²) in [6, 6.07) is 15.7. The summed E-state index contributed by atoms with van der Waals surface area (Å²) in [5.74, 6) is 0.151. The first kappa shape index (κ1) is 26.6. The number of rotatable bonds is 5. The average molecular weight is 522 g/mol. The summed E-state index contributed by atoms with van der Waals surface area (Å²) in [5, 5.41) is -0.319. The Morgan fingerprint density at radius 3 is 2.32 bits per heavy atom. The quantitative estimate of drug-likeness (QED) is 0.497. The van der Waals surface area contributed by atoms with Gasteiger partial charge in [0.05, 0.1) is 11.3 Å². The lowest BCUT2D eigenvalue weighted by Gasteiger charge is -2.35. The van der Waals surface area contributed by atoms with Crippen molar-refractivity contribution in [3.8, 4) is 11.1 Å². The minimum Gasteiger partial charge on any atom is -0.384 e. The number of nitrogens with two attached hydrogens (primary N) is 1. The molecular weight excluding hydrogens is 486 g/mol. The van der Waals surface area contributed by atoms with Crippen molar-refractivity contribution in [2.45, 2.75) is 63.9 Å². The molecule has 0 spiro atoms. The molecule has 1 fully saturated rings. The molecule has 3 aromatic rings. The molecule has 8 nitrogen and oxygen atoms in total. The van der Waals surface area contributed by atoms with Gasteiger partial charge in [0.25, 0.3) is 15.9 Å². The molecule has 0 aliphatic carbocycles. The number of pyridine rings is 2. The van der Waals surface area contributed by atoms with Crippen molar-refractivity contribution in [3.05, 3.63) is 65.9 Å². The van der Waals surface area contributed by atoms with Crippen LogP contribution in [0.5, 0.6) is 0 Å². The zero-order valence-corrected chi connectivity index (χ0v) is 23.1. The maximum absolute atomic E-state index is 13.7. The van der Waals surface area contributed by atoms with Crippen molar-refractivity contribution in [2.75, 3.05) is 17.2 Å². The number of nitrogens with zero attached hydrogens (tertiary/aromatic N) is 3. The Morgan fingerprint density at radius 1 is 1.08 bits per heavy atom. The van der Waals surface area contributed by atoms with E-state index in [9.17, 15) is 13.2 Å². The number of hydrogen-bond donors (Lipinski definition) is 2. The fraction of sp³-hybridized carbons (Fsp3) is 0.393. The van der Waals surface area contributed by atoms with Gasteiger partial charge in [-0.05, 0) is 49.9 Å². The molecule has 0 saturated carbocycles. The van der Waals surface area contributed by atoms with E-state index >= 15 is 0 Å². The third-order valence-electron chi connectivity index (χ3n) is 6.62. The number of nitrogens with one attached hydrogen (secondary N) is 1. The van der Waals surface area contributed by atoms with Crippen molar-refractivity contribution in [3.63, 3.8) is 0 Å². The van der Waals surface area contributed by atoms with E-state index < -0.39 is 15.9 Å². The van der Waals surface area contributed by atoms with Crippen LogP contribution in [0, 0.1) is 5.92 Å². The number of carbonyl (C=O) groups is 1. The van der Waals surface area contributed by atoms with Crippen LogP contribution in [0.4, 0.5) is 11.6 Å². The van der Waals surface area contributed by atoms with Gasteiger partial charge in [-0.2, -0.15) is 8.42 Å². The Kier molecular flexibility index (Phi) is 6.79. The minimum absolute atomic E-state index is 0.0476. The average Bonchev–Trinajstić information content (AvgIpc) is 3.09. The van der Waals surface area contributed by atoms with E-state index in [2.05, 4.69) is 56.1 Å². The van der Waals surface area contributed by atoms with E-state index in [-0.39, 0.29) is 27.4 Å². The van der Waals surface area contributed by atoms with Crippen LogP contribution in [0.25, 0.3) is 11.1 Å². The van der Waals surface area contributed by atoms with Gasteiger partial charge in [0.2, 0.25) is 0 Å². The fourth-order valence-electron chi connectivity index (χ4n) is 5.06. The number of anilines is 2. The smallest absolute Gasteiger partial charge is 0.281 e. The lowest BCUT2D eigenvalue weighted by Crippen LogP contribution is -2.41. The second kappa shape index (κ2) is 9.45. The lowest BCUT2D eigenvalue weighted by molar-refractivity contribution is 0.0981. The van der Waals surface area contributed by atoms with Crippen LogP contribution in [0.3, 0.4) is 0 Å². The molecule has 1 aromatic carbocycles. The van der Waals surface area contributed by atoms with E-state index in [1.807, 2.05) is 30.3 Å². The topological polar surface area (TPSA) is 118 Å². The summed E-state index contributed by atoms with van der Waals surface area (Å²) in [6.45, 7) is 13.4. The normalized spacial score (nSPS) is 17.6. The first-order valence-electron chi connectivity index (χ1n) is 12.4. The molecule has 1 atom stereocenters. The van der Waals surface area contributed by atoms with E-state index in [0.717, 1.165) is 23.2 Å². The van der Waals surface area contributed by atoms with Crippen molar-refractivity contribution in [2.24, 2.45) is 5.92 Å². The minimum atomic E-state index is -4.26. The van der Waals surface area contributed by atoms with Crippen LogP contribution < -0.4 is 15.4 Å². The molecule has 3 heterocycles. The molecule has 1 saturated heterocycles. The zero-order valence-electron chi connectivity index (χ0n) is 22.2. The third kappa shape index (κ3) is 5.46. The summed E-state index contributed by atoms with van der Waals surface area (Å²) in [5.41, 5.74) is 7.80. The maximum atomic E-state index is 13.7. The summed E-state index contributed by atoms with van der Waals surface area (Å²) in [4.78, 5) is 24.8. The number of aromatic nitrogens is 2. The molecule has 0 radical (unpaired) electrons. The molecule has 1 unspecified atom stereocenters. The summed E-state index contributed by atoms with van der Waals surface area (Å²) < 4.78 is 28.4. The van der Waals surface area contributed by atoms with E-state index in [4.69, 9.17) is 10.7 Å². The van der Waals surface area contributed by atoms with Gasteiger partial charge >= 0.3 is 0 Å². The Morgan fingerprint density at radius 2 is 1.76 bits per heavy atom. The molecule has 9 heteroatoms. The SMILES string of the molecule is CC1CN(c2nc(C(C)(C)C)c(-c3ccccc3)cc2C(=O)NS(=O)(=O)c2cccc(N)n2)C(C)(C)C1. The number of nitrogen functional groups attached to an aromatic ring is 1. The van der Waals surface area contributed by atoms with Crippen LogP contribution in [0.15, 0.2) is 59.6 Å². The second-order valence-corrected chi connectivity index (χ2v) is 13.1. The van der Waals surface area contributed by atoms with Gasteiger partial charge in [-0.25, -0.2) is 14.7 Å². The van der Waals surface area contributed by atoms with Gasteiger partial charge < -0.3 is 10.6 Å². The molecule has 2 aromatic heterocycles. The van der Waals surface area contributed by atoms with E-state index in [0.29, 0.717) is 18.3 Å². The highest BCUT2D eigenvalue weighted by Crippen LogP contribution is 2.41. The van der Waals surface area contributed by atoms with Crippen LogP contribution in [-0.4, -0.2) is 36.4 Å². The first-order chi connectivity index (χ1) is 17.2. The van der Waals surface area contributed by atoms with E-state index in [1.54, 1.807) is 6.07 Å². The zero-order chi connectivity index (χ0) is 27.2. The second-order valence-electron chi connectivity index (χ2n) is 11.4. The molecule has 1 aliphatic heterocycles. The van der Waals surface area contributed by atoms with Crippen molar-refractivity contribution >= 4 is 27.6 Å². The molecule has 1 aliphatic rings. The van der Waals surface area contributed by atoms with E-state index in [1.165, 1.54) is 18.2 Å². The van der Waals surface area contributed by atoms with Crippen molar-refractivity contribution in [1.29, 1.82) is 0 Å². The van der Waals surface area contributed by atoms with Gasteiger partial charge in [-0.1, -0.05) is 64.1 Å². The molecule has 0 bridgehead atoms. The standard InChI is InChI=1S/C28H35N5O3S/c1-18-16-28(5,6)33(17-18)25-21(26(34)32-37(35,36)23-14-10-13-22(29)30-23)15-20(19-11-8-7-9-12-19)24(31-25)27(2,3)4/h7-15,18H,16-17H2,1-6H3,(H2,29,30)(H,32,34). The first-order valence-corrected chi connectivity index (χ1v) is 13.9. The molecule has 196 valence electrons. The maximum Gasteiger partial charge on any atom is 0.281 e. The van der Waals surface area contributed by atoms with Crippen molar-refractivity contribution in [1.82, 2.24) is 14.7 Å². The van der Waals surface area contributed by atoms with Crippen LogP contribution in [-0.2, 0) is 15.4 Å². The molecule has 1 amide bonds. The Labute approximate surface area is 219 Å². The monoisotopic (exact) mass is 521 g/mol. The van der Waals surface area contributed by atoms with Gasteiger partial charge in [0.1, 0.15) is 11.6 Å². The molecule has 37 heavy (non-hydrogen) atoms. The highest BCUT2D eigenvalue weighted by molar-refractivity contribution is 7.90. The highest BCUT2D eigenvalue weighted by Gasteiger charge is 2.40. The largest absolute Gasteiger partial charge is 0.384 e. The van der Waals surface area contributed by atoms with Crippen molar-refractivity contribution < 1.29 is 13.2 Å². The highest BCUT2D eigenvalue weighted by atomic mass is 32.2. The fourth-order valence-corrected chi connectivity index (χ4v) is 6.00. The summed E-state index contributed by atoms with van der Waals surface area (Å²) in [6.07, 6.45) is 0.923. The molecular formula is C28H35N5O3S. The molecule has 3 N–H and O–H groups in total. The third-order valence-corrected chi connectivity index (χ3v) is 7.85. The number of hydrogen-bond acceptors (Lipinski definition) is 7. The number of amides is 1. The van der Waals surface area contributed by atoms with Crippen LogP contribution >= 0.6 is 0 Å². The molecule has 4 rings (SSSR count). The summed E-state index contributed by atoms with van der Waals surface area (Å²) >= 11 is 0. The number of carbonyl (C=O) groups excluding carboxylic acids is 1. The van der Waals surface area contributed by atoms with Gasteiger partial charge in [-0.15, -0.1) is 0 Å². The van der Waals surface area contributed by atoms with Gasteiger partial charge in [0, 0.05) is 23.1 Å².